The number of ether oxygens (including phenoxy) is 1. The third-order valence-corrected chi connectivity index (χ3v) is 4.08. The van der Waals surface area contributed by atoms with Gasteiger partial charge in [0.1, 0.15) is 5.76 Å². The Hall–Kier alpha value is -3.62. The first-order valence-electron chi connectivity index (χ1n) is 8.71. The molecule has 0 bridgehead atoms. The molecule has 9 nitrogen and oxygen atoms in total. The van der Waals surface area contributed by atoms with Crippen molar-refractivity contribution in [3.63, 3.8) is 0 Å². The Labute approximate surface area is 160 Å². The zero-order chi connectivity index (χ0) is 19.9. The van der Waals surface area contributed by atoms with Gasteiger partial charge in [0.25, 0.3) is 5.91 Å². The van der Waals surface area contributed by atoms with Crippen LogP contribution in [0.1, 0.15) is 29.0 Å². The van der Waals surface area contributed by atoms with E-state index in [0.29, 0.717) is 24.4 Å². The molecule has 2 aromatic rings. The lowest BCUT2D eigenvalue weighted by molar-refractivity contribution is -0.123. The number of nitrogens with one attached hydrogen (secondary N) is 2. The number of amides is 4. The Morgan fingerprint density at radius 1 is 1.14 bits per heavy atom. The Kier molecular flexibility index (Phi) is 6.05. The van der Waals surface area contributed by atoms with E-state index in [1.165, 1.54) is 17.2 Å². The van der Waals surface area contributed by atoms with E-state index in [9.17, 15) is 19.2 Å². The van der Waals surface area contributed by atoms with E-state index in [0.717, 1.165) is 6.42 Å². The van der Waals surface area contributed by atoms with Gasteiger partial charge >= 0.3 is 12.0 Å². The van der Waals surface area contributed by atoms with Crippen LogP contribution >= 0.6 is 0 Å². The number of hydrogen-bond donors (Lipinski definition) is 2. The smallest absolute Gasteiger partial charge is 0.340 e. The number of carbonyl (C=O) groups is 4. The highest BCUT2D eigenvalue weighted by atomic mass is 16.5. The number of hydrogen-bond acceptors (Lipinski definition) is 6. The van der Waals surface area contributed by atoms with Crippen LogP contribution in [-0.4, -0.2) is 37.0 Å². The summed E-state index contributed by atoms with van der Waals surface area (Å²) in [5.74, 6) is -1.06. The van der Waals surface area contributed by atoms with E-state index in [1.54, 1.807) is 30.3 Å². The number of benzene rings is 1. The lowest BCUT2D eigenvalue weighted by Gasteiger charge is -2.18. The average molecular weight is 385 g/mol. The van der Waals surface area contributed by atoms with Crippen molar-refractivity contribution in [1.82, 2.24) is 10.6 Å². The van der Waals surface area contributed by atoms with E-state index in [4.69, 9.17) is 9.15 Å². The van der Waals surface area contributed by atoms with Gasteiger partial charge in [0.15, 0.2) is 6.61 Å². The van der Waals surface area contributed by atoms with Crippen LogP contribution in [0.15, 0.2) is 47.1 Å². The molecular weight excluding hydrogens is 366 g/mol. The van der Waals surface area contributed by atoms with Crippen LogP contribution in [0.25, 0.3) is 0 Å². The fourth-order valence-electron chi connectivity index (χ4n) is 2.78. The van der Waals surface area contributed by atoms with Crippen molar-refractivity contribution in [2.24, 2.45) is 0 Å². The Balaban J connectivity index is 1.50. The highest BCUT2D eigenvalue weighted by Gasteiger charge is 2.26. The summed E-state index contributed by atoms with van der Waals surface area (Å²) in [6.07, 6.45) is 2.61. The topological polar surface area (TPSA) is 118 Å². The first kappa shape index (κ1) is 19.2. The molecule has 9 heteroatoms. The van der Waals surface area contributed by atoms with Crippen molar-refractivity contribution in [3.05, 3.63) is 54.0 Å². The largest absolute Gasteiger partial charge is 0.467 e. The van der Waals surface area contributed by atoms with Crippen LogP contribution in [0.5, 0.6) is 0 Å². The first-order valence-corrected chi connectivity index (χ1v) is 8.71. The zero-order valence-electron chi connectivity index (χ0n) is 15.0. The summed E-state index contributed by atoms with van der Waals surface area (Å²) in [6, 6.07) is 9.15. The maximum atomic E-state index is 12.3. The summed E-state index contributed by atoms with van der Waals surface area (Å²) < 4.78 is 10.0. The lowest BCUT2D eigenvalue weighted by Crippen LogP contribution is -2.41. The van der Waals surface area contributed by atoms with Crippen LogP contribution in [0.4, 0.5) is 10.5 Å². The summed E-state index contributed by atoms with van der Waals surface area (Å²) in [5, 5.41) is 4.49. The molecule has 1 fully saturated rings. The molecule has 1 saturated heterocycles. The van der Waals surface area contributed by atoms with E-state index < -0.39 is 24.5 Å². The summed E-state index contributed by atoms with van der Waals surface area (Å²) in [4.78, 5) is 49.3. The average Bonchev–Trinajstić information content (AvgIpc) is 3.36. The molecule has 0 saturated carbocycles. The molecule has 0 aliphatic carbocycles. The van der Waals surface area contributed by atoms with Crippen molar-refractivity contribution in [2.45, 2.75) is 19.4 Å². The molecule has 0 unspecified atom stereocenters. The predicted molar refractivity (Wildman–Crippen MR) is 97.4 cm³/mol. The van der Waals surface area contributed by atoms with Crippen molar-refractivity contribution in [2.75, 3.05) is 18.1 Å². The summed E-state index contributed by atoms with van der Waals surface area (Å²) >= 11 is 0. The van der Waals surface area contributed by atoms with Crippen LogP contribution in [0.3, 0.4) is 0 Å². The number of urea groups is 1. The molecule has 1 aromatic heterocycles. The zero-order valence-corrected chi connectivity index (χ0v) is 15.0. The highest BCUT2D eigenvalue weighted by Crippen LogP contribution is 2.25. The molecule has 0 atom stereocenters. The number of esters is 1. The maximum Gasteiger partial charge on any atom is 0.340 e. The van der Waals surface area contributed by atoms with E-state index in [1.807, 2.05) is 0 Å². The Morgan fingerprint density at radius 3 is 2.68 bits per heavy atom. The monoisotopic (exact) mass is 385 g/mol. The number of anilines is 1. The molecule has 0 spiro atoms. The molecule has 1 aromatic carbocycles. The summed E-state index contributed by atoms with van der Waals surface area (Å²) in [5.41, 5.74) is 0.638. The third kappa shape index (κ3) is 4.76. The first-order chi connectivity index (χ1) is 13.5. The number of para-hydroxylation sites is 1. The van der Waals surface area contributed by atoms with Crippen molar-refractivity contribution in [1.29, 1.82) is 0 Å². The molecule has 4 amide bonds. The second-order valence-electron chi connectivity index (χ2n) is 6.05. The lowest BCUT2D eigenvalue weighted by atomic mass is 10.1. The van der Waals surface area contributed by atoms with Crippen molar-refractivity contribution >= 4 is 29.5 Å². The van der Waals surface area contributed by atoms with E-state index in [2.05, 4.69) is 10.6 Å². The SMILES string of the molecule is O=C(COC(=O)c1ccccc1N1CCCC1=O)NC(=O)NCc1ccco1. The number of furan rings is 1. The molecule has 0 radical (unpaired) electrons. The second-order valence-corrected chi connectivity index (χ2v) is 6.05. The minimum Gasteiger partial charge on any atom is -0.467 e. The van der Waals surface area contributed by atoms with Gasteiger partial charge in [0.2, 0.25) is 5.91 Å². The van der Waals surface area contributed by atoms with Gasteiger partial charge in [-0.1, -0.05) is 12.1 Å². The molecule has 2 N–H and O–H groups in total. The van der Waals surface area contributed by atoms with E-state index >= 15 is 0 Å². The van der Waals surface area contributed by atoms with Gasteiger partial charge in [-0.15, -0.1) is 0 Å². The Bertz CT molecular complexity index is 878. The third-order valence-electron chi connectivity index (χ3n) is 4.08. The number of rotatable bonds is 6. The van der Waals surface area contributed by atoms with Gasteiger partial charge in [0, 0.05) is 13.0 Å². The van der Waals surface area contributed by atoms with Gasteiger partial charge in [0.05, 0.1) is 24.1 Å². The quantitative estimate of drug-likeness (QED) is 0.729. The molecule has 1 aliphatic heterocycles. The Morgan fingerprint density at radius 2 is 1.96 bits per heavy atom. The molecule has 146 valence electrons. The maximum absolute atomic E-state index is 12.3. The minimum absolute atomic E-state index is 0.0637. The molecule has 1 aliphatic rings. The van der Waals surface area contributed by atoms with Crippen LogP contribution in [0, 0.1) is 0 Å². The number of carbonyl (C=O) groups excluding carboxylic acids is 4. The van der Waals surface area contributed by atoms with Gasteiger partial charge in [-0.05, 0) is 30.7 Å². The van der Waals surface area contributed by atoms with Gasteiger partial charge in [-0.3, -0.25) is 14.9 Å². The minimum atomic E-state index is -0.778. The van der Waals surface area contributed by atoms with Crippen LogP contribution in [0.2, 0.25) is 0 Å². The van der Waals surface area contributed by atoms with Crippen LogP contribution in [-0.2, 0) is 20.9 Å². The van der Waals surface area contributed by atoms with Gasteiger partial charge in [-0.25, -0.2) is 9.59 Å². The van der Waals surface area contributed by atoms with Crippen LogP contribution < -0.4 is 15.5 Å². The van der Waals surface area contributed by atoms with Crippen molar-refractivity contribution < 1.29 is 28.3 Å². The summed E-state index contributed by atoms with van der Waals surface area (Å²) in [7, 11) is 0. The second kappa shape index (κ2) is 8.85. The highest BCUT2D eigenvalue weighted by molar-refractivity contribution is 6.04. The fraction of sp³-hybridized carbons (Fsp3) is 0.263. The fourth-order valence-corrected chi connectivity index (χ4v) is 2.78. The predicted octanol–water partition coefficient (Wildman–Crippen LogP) is 1.59. The molecule has 3 rings (SSSR count). The normalized spacial score (nSPS) is 13.3. The van der Waals surface area contributed by atoms with Crippen molar-refractivity contribution in [3.8, 4) is 0 Å². The van der Waals surface area contributed by atoms with Gasteiger partial charge < -0.3 is 19.4 Å². The van der Waals surface area contributed by atoms with Gasteiger partial charge in [-0.2, -0.15) is 0 Å². The summed E-state index contributed by atoms with van der Waals surface area (Å²) in [6.45, 7) is 0.0118. The standard InChI is InChI=1S/C19H19N3O6/c23-16(21-19(26)20-11-13-5-4-10-27-13)12-28-18(25)14-6-1-2-7-15(14)22-9-3-8-17(22)24/h1-2,4-7,10H,3,8-9,11-12H2,(H2,20,21,23,26). The van der Waals surface area contributed by atoms with E-state index in [-0.39, 0.29) is 18.0 Å². The molecular formula is C19H19N3O6. The molecule has 28 heavy (non-hydrogen) atoms. The number of nitrogens with zero attached hydrogens (tertiary/aromatic N) is 1. The molecule has 2 heterocycles. The number of imide groups is 1.